The Kier molecular flexibility index (Phi) is 4.86. The Hall–Kier alpha value is -1.03. The van der Waals surface area contributed by atoms with Gasteiger partial charge in [0.05, 0.1) is 6.61 Å². The van der Waals surface area contributed by atoms with E-state index in [0.717, 1.165) is 31.0 Å². The highest BCUT2D eigenvalue weighted by molar-refractivity contribution is 6.17. The molecule has 1 aliphatic carbocycles. The van der Waals surface area contributed by atoms with E-state index in [1.165, 1.54) is 12.8 Å². The normalized spacial score (nSPS) is 16.2. The summed E-state index contributed by atoms with van der Waals surface area (Å²) in [5, 5.41) is 3.33. The molecular weight excluding hydrogens is 262 g/mol. The topological polar surface area (TPSA) is 47.0 Å². The van der Waals surface area contributed by atoms with Gasteiger partial charge in [-0.1, -0.05) is 6.92 Å². The Morgan fingerprint density at radius 2 is 2.21 bits per heavy atom. The zero-order valence-corrected chi connectivity index (χ0v) is 12.5. The highest BCUT2D eigenvalue weighted by Gasteiger charge is 2.41. The Bertz CT molecular complexity index is 421. The summed E-state index contributed by atoms with van der Waals surface area (Å²) in [6.45, 7) is 5.62. The van der Waals surface area contributed by atoms with E-state index < -0.39 is 0 Å². The van der Waals surface area contributed by atoms with E-state index in [1.807, 2.05) is 13.0 Å². The molecule has 1 aromatic rings. The van der Waals surface area contributed by atoms with Gasteiger partial charge in [-0.25, -0.2) is 4.98 Å². The van der Waals surface area contributed by atoms with Gasteiger partial charge in [0.2, 0.25) is 11.8 Å². The molecule has 2 rings (SSSR count). The zero-order valence-electron chi connectivity index (χ0n) is 11.7. The van der Waals surface area contributed by atoms with Crippen molar-refractivity contribution < 1.29 is 4.74 Å². The first-order valence-electron chi connectivity index (χ1n) is 6.96. The molecule has 19 heavy (non-hydrogen) atoms. The number of hydrogen-bond acceptors (Lipinski definition) is 4. The Morgan fingerprint density at radius 3 is 2.84 bits per heavy atom. The van der Waals surface area contributed by atoms with Crippen LogP contribution in [0.1, 0.15) is 38.3 Å². The minimum atomic E-state index is 0.374. The van der Waals surface area contributed by atoms with E-state index >= 15 is 0 Å². The number of alkyl halides is 1. The van der Waals surface area contributed by atoms with Crippen LogP contribution in [0.2, 0.25) is 0 Å². The second-order valence-corrected chi connectivity index (χ2v) is 5.69. The summed E-state index contributed by atoms with van der Waals surface area (Å²) >= 11 is 5.84. The number of nitrogens with zero attached hydrogens (tertiary/aromatic N) is 2. The Labute approximate surface area is 119 Å². The van der Waals surface area contributed by atoms with Crippen molar-refractivity contribution in [3.05, 3.63) is 11.8 Å². The molecule has 1 saturated carbocycles. The van der Waals surface area contributed by atoms with E-state index in [9.17, 15) is 0 Å². The molecule has 0 atom stereocenters. The third kappa shape index (κ3) is 4.23. The summed E-state index contributed by atoms with van der Waals surface area (Å²) in [5.41, 5.74) is 1.30. The lowest BCUT2D eigenvalue weighted by molar-refractivity contribution is 0.305. The smallest absolute Gasteiger partial charge is 0.226 e. The maximum atomic E-state index is 5.84. The fourth-order valence-corrected chi connectivity index (χ4v) is 2.46. The van der Waals surface area contributed by atoms with Crippen molar-refractivity contribution in [1.82, 2.24) is 9.97 Å². The third-order valence-corrected chi connectivity index (χ3v) is 3.68. The summed E-state index contributed by atoms with van der Waals surface area (Å²) in [4.78, 5) is 8.78. The molecule has 1 aromatic heterocycles. The highest BCUT2D eigenvalue weighted by Crippen LogP contribution is 2.48. The molecule has 0 bridgehead atoms. The van der Waals surface area contributed by atoms with Crippen molar-refractivity contribution >= 4 is 17.5 Å². The number of anilines is 1. The van der Waals surface area contributed by atoms with Crippen molar-refractivity contribution in [2.75, 3.05) is 24.3 Å². The summed E-state index contributed by atoms with van der Waals surface area (Å²) in [6, 6.07) is 1.87. The lowest BCUT2D eigenvalue weighted by Crippen LogP contribution is -2.17. The average molecular weight is 284 g/mol. The van der Waals surface area contributed by atoms with Crippen LogP contribution >= 0.6 is 11.6 Å². The standard InChI is InChI=1S/C14H22ClN3O/c1-3-8-19-12-9-11(2)17-13(18-12)16-10-14(4-5-14)6-7-15/h9H,3-8,10H2,1-2H3,(H,16,17,18). The maximum Gasteiger partial charge on any atom is 0.226 e. The minimum absolute atomic E-state index is 0.374. The van der Waals surface area contributed by atoms with E-state index in [1.54, 1.807) is 0 Å². The summed E-state index contributed by atoms with van der Waals surface area (Å²) in [5.74, 6) is 2.03. The van der Waals surface area contributed by atoms with Crippen molar-refractivity contribution in [3.8, 4) is 5.88 Å². The fraction of sp³-hybridized carbons (Fsp3) is 0.714. The zero-order chi connectivity index (χ0) is 13.7. The lowest BCUT2D eigenvalue weighted by Gasteiger charge is -2.15. The van der Waals surface area contributed by atoms with Gasteiger partial charge in [0.15, 0.2) is 0 Å². The summed E-state index contributed by atoms with van der Waals surface area (Å²) < 4.78 is 5.56. The van der Waals surface area contributed by atoms with Gasteiger partial charge < -0.3 is 10.1 Å². The SMILES string of the molecule is CCCOc1cc(C)nc(NCC2(CCCl)CC2)n1. The van der Waals surface area contributed by atoms with Crippen LogP contribution in [0, 0.1) is 12.3 Å². The Balaban J connectivity index is 1.94. The number of ether oxygens (including phenoxy) is 1. The second kappa shape index (κ2) is 6.42. The van der Waals surface area contributed by atoms with Crippen LogP contribution in [0.15, 0.2) is 6.07 Å². The minimum Gasteiger partial charge on any atom is -0.478 e. The Morgan fingerprint density at radius 1 is 1.42 bits per heavy atom. The predicted molar refractivity (Wildman–Crippen MR) is 78.0 cm³/mol. The van der Waals surface area contributed by atoms with Gasteiger partial charge in [-0.05, 0) is 38.0 Å². The molecule has 1 N–H and O–H groups in total. The molecule has 1 heterocycles. The quantitative estimate of drug-likeness (QED) is 0.743. The van der Waals surface area contributed by atoms with E-state index in [4.69, 9.17) is 16.3 Å². The number of rotatable bonds is 8. The van der Waals surface area contributed by atoms with Gasteiger partial charge in [0.1, 0.15) is 0 Å². The van der Waals surface area contributed by atoms with Crippen molar-refractivity contribution in [3.63, 3.8) is 0 Å². The molecule has 0 amide bonds. The van der Waals surface area contributed by atoms with Gasteiger partial charge in [0.25, 0.3) is 0 Å². The number of aryl methyl sites for hydroxylation is 1. The number of halogens is 1. The molecule has 5 heteroatoms. The van der Waals surface area contributed by atoms with Crippen molar-refractivity contribution in [2.45, 2.75) is 39.5 Å². The molecule has 0 saturated heterocycles. The molecule has 1 fully saturated rings. The first kappa shape index (κ1) is 14.4. The van der Waals surface area contributed by atoms with E-state index in [0.29, 0.717) is 23.9 Å². The molecule has 106 valence electrons. The average Bonchev–Trinajstić information content (AvgIpc) is 3.14. The molecular formula is C14H22ClN3O. The van der Waals surface area contributed by atoms with Crippen LogP contribution in [0.5, 0.6) is 5.88 Å². The maximum absolute atomic E-state index is 5.84. The van der Waals surface area contributed by atoms with Gasteiger partial charge in [0, 0.05) is 24.2 Å². The van der Waals surface area contributed by atoms with Crippen LogP contribution in [0.4, 0.5) is 5.95 Å². The second-order valence-electron chi connectivity index (χ2n) is 5.31. The van der Waals surface area contributed by atoms with Crippen LogP contribution in [-0.4, -0.2) is 29.0 Å². The van der Waals surface area contributed by atoms with Gasteiger partial charge in [-0.3, -0.25) is 0 Å². The monoisotopic (exact) mass is 283 g/mol. The molecule has 1 aliphatic rings. The van der Waals surface area contributed by atoms with Gasteiger partial charge >= 0.3 is 0 Å². The largest absolute Gasteiger partial charge is 0.478 e. The number of hydrogen-bond donors (Lipinski definition) is 1. The molecule has 0 radical (unpaired) electrons. The van der Waals surface area contributed by atoms with Crippen LogP contribution in [0.3, 0.4) is 0 Å². The predicted octanol–water partition coefficient (Wildman–Crippen LogP) is 3.39. The van der Waals surface area contributed by atoms with Crippen molar-refractivity contribution in [1.29, 1.82) is 0 Å². The van der Waals surface area contributed by atoms with Crippen molar-refractivity contribution in [2.24, 2.45) is 5.41 Å². The molecule has 0 spiro atoms. The third-order valence-electron chi connectivity index (χ3n) is 3.49. The van der Waals surface area contributed by atoms with Crippen LogP contribution < -0.4 is 10.1 Å². The molecule has 0 unspecified atom stereocenters. The van der Waals surface area contributed by atoms with E-state index in [-0.39, 0.29) is 0 Å². The summed E-state index contributed by atoms with van der Waals surface area (Å²) in [6.07, 6.45) is 4.53. The van der Waals surface area contributed by atoms with E-state index in [2.05, 4.69) is 22.2 Å². The number of aromatic nitrogens is 2. The lowest BCUT2D eigenvalue weighted by atomic mass is 10.0. The first-order chi connectivity index (χ1) is 9.17. The fourth-order valence-electron chi connectivity index (χ4n) is 2.06. The van der Waals surface area contributed by atoms with Crippen LogP contribution in [-0.2, 0) is 0 Å². The summed E-state index contributed by atoms with van der Waals surface area (Å²) in [7, 11) is 0. The molecule has 0 aromatic carbocycles. The highest BCUT2D eigenvalue weighted by atomic mass is 35.5. The van der Waals surface area contributed by atoms with Gasteiger partial charge in [-0.15, -0.1) is 11.6 Å². The molecule has 0 aliphatic heterocycles. The van der Waals surface area contributed by atoms with Gasteiger partial charge in [-0.2, -0.15) is 4.98 Å². The first-order valence-corrected chi connectivity index (χ1v) is 7.49. The molecule has 4 nitrogen and oxygen atoms in total. The van der Waals surface area contributed by atoms with Crippen LogP contribution in [0.25, 0.3) is 0 Å². The number of nitrogens with one attached hydrogen (secondary N) is 1.